The second-order valence-corrected chi connectivity index (χ2v) is 6.72. The Morgan fingerprint density at radius 1 is 0.931 bits per heavy atom. The first kappa shape index (κ1) is 20.6. The van der Waals surface area contributed by atoms with Gasteiger partial charge in [-0.2, -0.15) is 0 Å². The van der Waals surface area contributed by atoms with Gasteiger partial charge in [-0.25, -0.2) is 4.39 Å². The fourth-order valence-corrected chi connectivity index (χ4v) is 3.12. The number of rotatable bonds is 9. The second kappa shape index (κ2) is 10.4. The molecule has 3 aromatic carbocycles. The molecule has 0 saturated heterocycles. The van der Waals surface area contributed by atoms with E-state index in [1.54, 1.807) is 19.2 Å². The molecule has 0 aliphatic rings. The summed E-state index contributed by atoms with van der Waals surface area (Å²) in [4.78, 5) is 12.3. The fourth-order valence-electron chi connectivity index (χ4n) is 3.12. The van der Waals surface area contributed by atoms with Crippen molar-refractivity contribution in [3.8, 4) is 5.75 Å². The molecule has 5 heteroatoms. The van der Waals surface area contributed by atoms with Crippen LogP contribution in [0.5, 0.6) is 5.75 Å². The number of carbonyl (C=O) groups is 1. The predicted octanol–water partition coefficient (Wildman–Crippen LogP) is 3.87. The molecule has 1 atom stereocenters. The van der Waals surface area contributed by atoms with E-state index in [1.165, 1.54) is 12.1 Å². The third-order valence-corrected chi connectivity index (χ3v) is 4.70. The molecule has 4 nitrogen and oxygen atoms in total. The molecule has 0 spiro atoms. The molecule has 1 unspecified atom stereocenters. The maximum atomic E-state index is 13.3. The molecule has 150 valence electrons. The maximum Gasteiger partial charge on any atom is 0.233 e. The fraction of sp³-hybridized carbons (Fsp3) is 0.208. The summed E-state index contributed by atoms with van der Waals surface area (Å²) in [6, 6.07) is 23.8. The SMILES string of the molecule is COc1ccc(CCNC(=O)CNC(c2ccccc2)c2ccc(F)cc2)cc1. The van der Waals surface area contributed by atoms with Crippen LogP contribution in [0.2, 0.25) is 0 Å². The van der Waals surface area contributed by atoms with Gasteiger partial charge >= 0.3 is 0 Å². The molecule has 0 fully saturated rings. The third-order valence-electron chi connectivity index (χ3n) is 4.70. The Morgan fingerprint density at radius 2 is 1.59 bits per heavy atom. The number of halogens is 1. The molecule has 3 rings (SSSR count). The van der Waals surface area contributed by atoms with Gasteiger partial charge in [0.2, 0.25) is 5.91 Å². The van der Waals surface area contributed by atoms with Crippen LogP contribution >= 0.6 is 0 Å². The van der Waals surface area contributed by atoms with E-state index in [2.05, 4.69) is 10.6 Å². The Hall–Kier alpha value is -3.18. The third kappa shape index (κ3) is 6.16. The van der Waals surface area contributed by atoms with Crippen molar-refractivity contribution in [3.05, 3.63) is 101 Å². The van der Waals surface area contributed by atoms with Crippen LogP contribution in [0, 0.1) is 5.82 Å². The van der Waals surface area contributed by atoms with Crippen LogP contribution in [0.15, 0.2) is 78.9 Å². The van der Waals surface area contributed by atoms with E-state index >= 15 is 0 Å². The quantitative estimate of drug-likeness (QED) is 0.581. The summed E-state index contributed by atoms with van der Waals surface area (Å²) in [5, 5.41) is 6.22. The summed E-state index contributed by atoms with van der Waals surface area (Å²) in [7, 11) is 1.64. The number of methoxy groups -OCH3 is 1. The van der Waals surface area contributed by atoms with Gasteiger partial charge in [0, 0.05) is 6.54 Å². The van der Waals surface area contributed by atoms with Crippen molar-refractivity contribution in [1.29, 1.82) is 0 Å². The van der Waals surface area contributed by atoms with E-state index in [9.17, 15) is 9.18 Å². The van der Waals surface area contributed by atoms with Gasteiger partial charge in [-0.3, -0.25) is 10.1 Å². The molecule has 3 aromatic rings. The summed E-state index contributed by atoms with van der Waals surface area (Å²) in [6.07, 6.45) is 0.746. The molecule has 29 heavy (non-hydrogen) atoms. The molecule has 0 aliphatic heterocycles. The highest BCUT2D eigenvalue weighted by atomic mass is 19.1. The van der Waals surface area contributed by atoms with Gasteiger partial charge in [-0.05, 0) is 47.4 Å². The van der Waals surface area contributed by atoms with Crippen molar-refractivity contribution >= 4 is 5.91 Å². The topological polar surface area (TPSA) is 50.4 Å². The molecular weight excluding hydrogens is 367 g/mol. The number of carbonyl (C=O) groups excluding carboxylic acids is 1. The largest absolute Gasteiger partial charge is 0.497 e. The summed E-state index contributed by atoms with van der Waals surface area (Å²) in [5.74, 6) is 0.452. The minimum atomic E-state index is -0.281. The van der Waals surface area contributed by atoms with Crippen LogP contribution in [-0.4, -0.2) is 26.1 Å². The highest BCUT2D eigenvalue weighted by molar-refractivity contribution is 5.78. The zero-order chi connectivity index (χ0) is 20.5. The highest BCUT2D eigenvalue weighted by Gasteiger charge is 2.15. The maximum absolute atomic E-state index is 13.3. The molecular formula is C24H25FN2O2. The van der Waals surface area contributed by atoms with Crippen molar-refractivity contribution in [2.24, 2.45) is 0 Å². The van der Waals surface area contributed by atoms with Crippen LogP contribution in [0.4, 0.5) is 4.39 Å². The van der Waals surface area contributed by atoms with Crippen LogP contribution in [0.3, 0.4) is 0 Å². The zero-order valence-electron chi connectivity index (χ0n) is 16.4. The van der Waals surface area contributed by atoms with E-state index in [0.29, 0.717) is 6.54 Å². The lowest BCUT2D eigenvalue weighted by Crippen LogP contribution is -2.37. The van der Waals surface area contributed by atoms with Gasteiger partial charge in [-0.15, -0.1) is 0 Å². The van der Waals surface area contributed by atoms with Gasteiger partial charge < -0.3 is 10.1 Å². The number of ether oxygens (including phenoxy) is 1. The Morgan fingerprint density at radius 3 is 2.24 bits per heavy atom. The molecule has 0 heterocycles. The molecule has 0 saturated carbocycles. The Bertz CT molecular complexity index is 896. The van der Waals surface area contributed by atoms with E-state index in [-0.39, 0.29) is 24.3 Å². The molecule has 0 aromatic heterocycles. The Kier molecular flexibility index (Phi) is 7.36. The minimum absolute atomic E-state index is 0.0819. The lowest BCUT2D eigenvalue weighted by molar-refractivity contribution is -0.120. The van der Waals surface area contributed by atoms with Crippen LogP contribution in [0.25, 0.3) is 0 Å². The number of hydrogen-bond acceptors (Lipinski definition) is 3. The van der Waals surface area contributed by atoms with Gasteiger partial charge in [0.25, 0.3) is 0 Å². The molecule has 0 aliphatic carbocycles. The van der Waals surface area contributed by atoms with Crippen LogP contribution in [-0.2, 0) is 11.2 Å². The minimum Gasteiger partial charge on any atom is -0.497 e. The monoisotopic (exact) mass is 392 g/mol. The first-order valence-corrected chi connectivity index (χ1v) is 9.59. The first-order valence-electron chi connectivity index (χ1n) is 9.59. The van der Waals surface area contributed by atoms with Gasteiger partial charge in [0.15, 0.2) is 0 Å². The first-order chi connectivity index (χ1) is 14.2. The number of amides is 1. The van der Waals surface area contributed by atoms with Crippen LogP contribution < -0.4 is 15.4 Å². The average Bonchev–Trinajstić information content (AvgIpc) is 2.76. The Balaban J connectivity index is 1.54. The van der Waals surface area contributed by atoms with Crippen molar-refractivity contribution in [2.45, 2.75) is 12.5 Å². The summed E-state index contributed by atoms with van der Waals surface area (Å²) in [6.45, 7) is 0.721. The standard InChI is InChI=1S/C24H25FN2O2/c1-29-22-13-7-18(8-14-22)15-16-26-23(28)17-27-24(19-5-3-2-4-6-19)20-9-11-21(25)12-10-20/h2-14,24,27H,15-17H2,1H3,(H,26,28). The van der Waals surface area contributed by atoms with Crippen molar-refractivity contribution < 1.29 is 13.9 Å². The Labute approximate surface area is 170 Å². The predicted molar refractivity (Wildman–Crippen MR) is 112 cm³/mol. The summed E-state index contributed by atoms with van der Waals surface area (Å²) in [5.41, 5.74) is 3.06. The summed E-state index contributed by atoms with van der Waals surface area (Å²) >= 11 is 0. The highest BCUT2D eigenvalue weighted by Crippen LogP contribution is 2.22. The second-order valence-electron chi connectivity index (χ2n) is 6.72. The van der Waals surface area contributed by atoms with Gasteiger partial charge in [0.05, 0.1) is 19.7 Å². The van der Waals surface area contributed by atoms with E-state index < -0.39 is 0 Å². The molecule has 2 N–H and O–H groups in total. The molecule has 0 radical (unpaired) electrons. The van der Waals surface area contributed by atoms with Crippen molar-refractivity contribution in [1.82, 2.24) is 10.6 Å². The van der Waals surface area contributed by atoms with Crippen molar-refractivity contribution in [3.63, 3.8) is 0 Å². The lowest BCUT2D eigenvalue weighted by Gasteiger charge is -2.20. The number of hydrogen-bond donors (Lipinski definition) is 2. The smallest absolute Gasteiger partial charge is 0.233 e. The average molecular weight is 392 g/mol. The molecule has 1 amide bonds. The van der Waals surface area contributed by atoms with E-state index in [0.717, 1.165) is 28.9 Å². The number of nitrogens with one attached hydrogen (secondary N) is 2. The van der Waals surface area contributed by atoms with E-state index in [4.69, 9.17) is 4.74 Å². The lowest BCUT2D eigenvalue weighted by atomic mass is 9.98. The van der Waals surface area contributed by atoms with Crippen LogP contribution in [0.1, 0.15) is 22.7 Å². The van der Waals surface area contributed by atoms with Crippen molar-refractivity contribution in [2.75, 3.05) is 20.2 Å². The van der Waals surface area contributed by atoms with Gasteiger partial charge in [0.1, 0.15) is 11.6 Å². The van der Waals surface area contributed by atoms with Gasteiger partial charge in [-0.1, -0.05) is 54.6 Å². The number of benzene rings is 3. The summed E-state index contributed by atoms with van der Waals surface area (Å²) < 4.78 is 18.4. The molecule has 0 bridgehead atoms. The van der Waals surface area contributed by atoms with E-state index in [1.807, 2.05) is 54.6 Å². The normalized spacial score (nSPS) is 11.7. The zero-order valence-corrected chi connectivity index (χ0v) is 16.4.